The van der Waals surface area contributed by atoms with Gasteiger partial charge in [-0.1, -0.05) is 29.8 Å². The van der Waals surface area contributed by atoms with Gasteiger partial charge in [-0.3, -0.25) is 4.79 Å². The first-order valence-corrected chi connectivity index (χ1v) is 9.93. The average molecular weight is 431 g/mol. The Kier molecular flexibility index (Phi) is 6.35. The Balaban J connectivity index is 1.34. The third kappa shape index (κ3) is 6.01. The van der Waals surface area contributed by atoms with Crippen LogP contribution in [0.25, 0.3) is 0 Å². The van der Waals surface area contributed by atoms with Crippen LogP contribution in [-0.4, -0.2) is 20.9 Å². The second-order valence-corrected chi connectivity index (χ2v) is 7.12. The van der Waals surface area contributed by atoms with Crippen LogP contribution >= 0.6 is 11.6 Å². The van der Waals surface area contributed by atoms with E-state index in [0.717, 1.165) is 11.3 Å². The molecule has 0 bridgehead atoms. The molecular weight excluding hydrogens is 412 g/mol. The molecule has 0 aliphatic carbocycles. The third-order valence-corrected chi connectivity index (χ3v) is 4.56. The highest BCUT2D eigenvalue weighted by atomic mass is 35.5. The zero-order valence-electron chi connectivity index (χ0n) is 16.4. The van der Waals surface area contributed by atoms with E-state index in [4.69, 9.17) is 11.6 Å². The fraction of sp³-hybridized carbons (Fsp3) is 0.0435. The van der Waals surface area contributed by atoms with Gasteiger partial charge in [0.05, 0.1) is 6.42 Å². The number of benzene rings is 2. The highest BCUT2D eigenvalue weighted by molar-refractivity contribution is 6.30. The Hall–Kier alpha value is -3.97. The third-order valence-electron chi connectivity index (χ3n) is 4.31. The molecule has 0 fully saturated rings. The van der Waals surface area contributed by atoms with E-state index in [1.54, 1.807) is 24.4 Å². The molecule has 0 spiro atoms. The minimum atomic E-state index is -0.0935. The molecule has 1 amide bonds. The number of amides is 1. The van der Waals surface area contributed by atoms with Gasteiger partial charge in [0.1, 0.15) is 23.8 Å². The molecule has 4 aromatic rings. The summed E-state index contributed by atoms with van der Waals surface area (Å²) < 4.78 is 0. The summed E-state index contributed by atoms with van der Waals surface area (Å²) in [5.74, 6) is 1.87. The minimum absolute atomic E-state index is 0.0935. The molecule has 0 atom stereocenters. The lowest BCUT2D eigenvalue weighted by Gasteiger charge is -2.10. The fourth-order valence-electron chi connectivity index (χ4n) is 2.84. The lowest BCUT2D eigenvalue weighted by Crippen LogP contribution is -2.14. The Labute approximate surface area is 184 Å². The Morgan fingerprint density at radius 3 is 2.19 bits per heavy atom. The molecule has 2 aromatic carbocycles. The van der Waals surface area contributed by atoms with Crippen molar-refractivity contribution in [1.29, 1.82) is 0 Å². The molecule has 0 aliphatic heterocycles. The largest absolute Gasteiger partial charge is 0.340 e. The lowest BCUT2D eigenvalue weighted by molar-refractivity contribution is -0.115. The first-order chi connectivity index (χ1) is 15.1. The monoisotopic (exact) mass is 430 g/mol. The van der Waals surface area contributed by atoms with E-state index >= 15 is 0 Å². The van der Waals surface area contributed by atoms with Gasteiger partial charge < -0.3 is 16.0 Å². The number of aromatic nitrogens is 3. The van der Waals surface area contributed by atoms with E-state index < -0.39 is 0 Å². The maximum Gasteiger partial charge on any atom is 0.228 e. The van der Waals surface area contributed by atoms with Gasteiger partial charge in [-0.15, -0.1) is 0 Å². The molecule has 154 valence electrons. The first-order valence-electron chi connectivity index (χ1n) is 9.55. The van der Waals surface area contributed by atoms with Gasteiger partial charge in [0, 0.05) is 28.7 Å². The predicted octanol–water partition coefficient (Wildman–Crippen LogP) is 5.19. The summed E-state index contributed by atoms with van der Waals surface area (Å²) in [5, 5.41) is 9.88. The van der Waals surface area contributed by atoms with Crippen LogP contribution in [-0.2, 0) is 11.2 Å². The first kappa shape index (κ1) is 20.3. The second kappa shape index (κ2) is 9.69. The summed E-state index contributed by atoms with van der Waals surface area (Å²) in [6, 6.07) is 22.0. The number of rotatable bonds is 7. The average Bonchev–Trinajstić information content (AvgIpc) is 2.78. The van der Waals surface area contributed by atoms with Crippen molar-refractivity contribution in [2.45, 2.75) is 6.42 Å². The normalized spacial score (nSPS) is 10.4. The number of hydrogen-bond acceptors (Lipinski definition) is 6. The van der Waals surface area contributed by atoms with E-state index in [1.807, 2.05) is 54.6 Å². The van der Waals surface area contributed by atoms with Gasteiger partial charge in [-0.05, 0) is 54.1 Å². The van der Waals surface area contributed by atoms with Crippen molar-refractivity contribution in [2.24, 2.45) is 0 Å². The summed E-state index contributed by atoms with van der Waals surface area (Å²) in [6.45, 7) is 0. The summed E-state index contributed by atoms with van der Waals surface area (Å²) in [4.78, 5) is 24.9. The van der Waals surface area contributed by atoms with Gasteiger partial charge in [-0.25, -0.2) is 15.0 Å². The summed E-state index contributed by atoms with van der Waals surface area (Å²) >= 11 is 5.88. The van der Waals surface area contributed by atoms with E-state index in [2.05, 4.69) is 30.9 Å². The van der Waals surface area contributed by atoms with Crippen LogP contribution in [0.2, 0.25) is 5.02 Å². The molecule has 8 heteroatoms. The van der Waals surface area contributed by atoms with Crippen LogP contribution in [0.1, 0.15) is 5.56 Å². The highest BCUT2D eigenvalue weighted by Crippen LogP contribution is 2.20. The van der Waals surface area contributed by atoms with Crippen LogP contribution in [0, 0.1) is 0 Å². The Morgan fingerprint density at radius 2 is 1.48 bits per heavy atom. The molecule has 0 saturated heterocycles. The predicted molar refractivity (Wildman–Crippen MR) is 123 cm³/mol. The quantitative estimate of drug-likeness (QED) is 0.373. The number of nitrogens with one attached hydrogen (secondary N) is 3. The number of carbonyl (C=O) groups excluding carboxylic acids is 1. The van der Waals surface area contributed by atoms with Crippen molar-refractivity contribution in [3.63, 3.8) is 0 Å². The SMILES string of the molecule is O=C(Cc1ccc(Cl)cc1)Nc1ccc(Nc2cc(Nc3ccccn3)ncn2)cc1. The maximum absolute atomic E-state index is 12.2. The summed E-state index contributed by atoms with van der Waals surface area (Å²) in [6.07, 6.45) is 3.46. The zero-order valence-corrected chi connectivity index (χ0v) is 17.2. The molecular formula is C23H19ClN6O. The molecule has 2 aromatic heterocycles. The number of hydrogen-bond donors (Lipinski definition) is 3. The molecule has 2 heterocycles. The smallest absolute Gasteiger partial charge is 0.228 e. The van der Waals surface area contributed by atoms with E-state index in [9.17, 15) is 4.79 Å². The van der Waals surface area contributed by atoms with E-state index in [-0.39, 0.29) is 12.3 Å². The molecule has 0 unspecified atom stereocenters. The zero-order chi connectivity index (χ0) is 21.5. The lowest BCUT2D eigenvalue weighted by atomic mass is 10.1. The van der Waals surface area contributed by atoms with Gasteiger partial charge >= 0.3 is 0 Å². The molecule has 7 nitrogen and oxygen atoms in total. The van der Waals surface area contributed by atoms with E-state index in [0.29, 0.717) is 28.2 Å². The summed E-state index contributed by atoms with van der Waals surface area (Å²) in [5.41, 5.74) is 2.45. The van der Waals surface area contributed by atoms with Crippen molar-refractivity contribution in [3.05, 3.63) is 95.9 Å². The second-order valence-electron chi connectivity index (χ2n) is 6.68. The van der Waals surface area contributed by atoms with Crippen molar-refractivity contribution in [2.75, 3.05) is 16.0 Å². The molecule has 0 saturated carbocycles. The number of anilines is 5. The van der Waals surface area contributed by atoms with Crippen molar-refractivity contribution in [3.8, 4) is 0 Å². The minimum Gasteiger partial charge on any atom is -0.340 e. The number of pyridine rings is 1. The fourth-order valence-corrected chi connectivity index (χ4v) is 2.97. The molecule has 3 N–H and O–H groups in total. The molecule has 0 radical (unpaired) electrons. The molecule has 4 rings (SSSR count). The number of carbonyl (C=O) groups is 1. The van der Waals surface area contributed by atoms with Crippen LogP contribution in [0.5, 0.6) is 0 Å². The van der Waals surface area contributed by atoms with Gasteiger partial charge in [0.2, 0.25) is 5.91 Å². The van der Waals surface area contributed by atoms with Gasteiger partial charge in [0.25, 0.3) is 0 Å². The topological polar surface area (TPSA) is 91.8 Å². The van der Waals surface area contributed by atoms with Crippen LogP contribution < -0.4 is 16.0 Å². The van der Waals surface area contributed by atoms with Crippen molar-refractivity contribution in [1.82, 2.24) is 15.0 Å². The highest BCUT2D eigenvalue weighted by Gasteiger charge is 2.05. The van der Waals surface area contributed by atoms with Crippen LogP contribution in [0.15, 0.2) is 85.3 Å². The van der Waals surface area contributed by atoms with Crippen LogP contribution in [0.4, 0.5) is 28.8 Å². The van der Waals surface area contributed by atoms with Gasteiger partial charge in [0.15, 0.2) is 0 Å². The van der Waals surface area contributed by atoms with Crippen molar-refractivity contribution >= 4 is 46.3 Å². The number of halogens is 1. The Morgan fingerprint density at radius 1 is 0.774 bits per heavy atom. The Bertz CT molecular complexity index is 1150. The maximum atomic E-state index is 12.2. The summed E-state index contributed by atoms with van der Waals surface area (Å²) in [7, 11) is 0. The molecule has 31 heavy (non-hydrogen) atoms. The van der Waals surface area contributed by atoms with Crippen LogP contribution in [0.3, 0.4) is 0 Å². The standard InChI is InChI=1S/C23H19ClN6O/c24-17-6-4-16(5-7-17)13-23(31)29-19-10-8-18(9-11-19)28-21-14-22(27-15-26-21)30-20-3-1-2-12-25-20/h1-12,14-15H,13H2,(H,29,31)(H2,25,26,27,28,30). The van der Waals surface area contributed by atoms with E-state index in [1.165, 1.54) is 6.33 Å². The van der Waals surface area contributed by atoms with Gasteiger partial charge in [-0.2, -0.15) is 0 Å². The van der Waals surface area contributed by atoms with Crippen molar-refractivity contribution < 1.29 is 4.79 Å². The molecule has 0 aliphatic rings. The number of nitrogens with zero attached hydrogens (tertiary/aromatic N) is 3.